The Morgan fingerprint density at radius 1 is 1.19 bits per heavy atom. The molecule has 136 valence electrons. The molecule has 0 saturated carbocycles. The quantitative estimate of drug-likeness (QED) is 0.524. The van der Waals surface area contributed by atoms with E-state index in [0.717, 1.165) is 21.5 Å². The third-order valence-electron chi connectivity index (χ3n) is 4.44. The maximum Gasteiger partial charge on any atom is 0.282 e. The topological polar surface area (TPSA) is 72.1 Å². The molecule has 0 unspecified atom stereocenters. The van der Waals surface area contributed by atoms with Crippen molar-refractivity contribution in [2.75, 3.05) is 4.90 Å². The number of carbonyl (C=O) groups excluding carboxylic acids is 1. The number of amides is 1. The summed E-state index contributed by atoms with van der Waals surface area (Å²) < 4.78 is 6.13. The highest BCUT2D eigenvalue weighted by Crippen LogP contribution is 2.33. The molecule has 0 fully saturated rings. The molecule has 27 heavy (non-hydrogen) atoms. The average molecular weight is 378 g/mol. The first-order valence-corrected chi connectivity index (χ1v) is 9.36. The number of thiazole rings is 1. The summed E-state index contributed by atoms with van der Waals surface area (Å²) in [7, 11) is 0. The lowest BCUT2D eigenvalue weighted by atomic mass is 10.1. The first-order valence-electron chi connectivity index (χ1n) is 8.55. The Labute approximate surface area is 160 Å². The minimum atomic E-state index is -0.258. The number of hydrogen-bond acceptors (Lipinski definition) is 6. The Balaban J connectivity index is 1.79. The summed E-state index contributed by atoms with van der Waals surface area (Å²) in [5.74, 6) is 0.331. The van der Waals surface area contributed by atoms with Crippen LogP contribution in [0.4, 0.5) is 5.13 Å². The van der Waals surface area contributed by atoms with Crippen LogP contribution in [0.25, 0.3) is 10.2 Å². The second-order valence-corrected chi connectivity index (χ2v) is 7.39. The lowest BCUT2D eigenvalue weighted by molar-refractivity contribution is 0.0976. The van der Waals surface area contributed by atoms with Gasteiger partial charge in [0.15, 0.2) is 10.8 Å². The van der Waals surface area contributed by atoms with Crippen LogP contribution in [0.3, 0.4) is 0 Å². The second-order valence-electron chi connectivity index (χ2n) is 6.39. The van der Waals surface area contributed by atoms with Gasteiger partial charge in [-0.1, -0.05) is 28.6 Å². The van der Waals surface area contributed by atoms with Gasteiger partial charge in [-0.05, 0) is 50.1 Å². The van der Waals surface area contributed by atoms with Gasteiger partial charge in [0.25, 0.3) is 5.91 Å². The molecule has 6 nitrogen and oxygen atoms in total. The maximum atomic E-state index is 13.1. The van der Waals surface area contributed by atoms with Crippen molar-refractivity contribution in [3.8, 4) is 0 Å². The Bertz CT molecular complexity index is 1120. The van der Waals surface area contributed by atoms with Gasteiger partial charge in [0, 0.05) is 12.3 Å². The normalized spacial score (nSPS) is 11.1. The van der Waals surface area contributed by atoms with Crippen LogP contribution in [-0.2, 0) is 6.54 Å². The highest BCUT2D eigenvalue weighted by Gasteiger charge is 2.25. The highest BCUT2D eigenvalue weighted by atomic mass is 32.1. The van der Waals surface area contributed by atoms with Crippen molar-refractivity contribution < 1.29 is 9.32 Å². The number of benzene rings is 1. The van der Waals surface area contributed by atoms with Crippen LogP contribution in [-0.4, -0.2) is 21.0 Å². The average Bonchev–Trinajstić information content (AvgIpc) is 3.30. The van der Waals surface area contributed by atoms with E-state index in [1.807, 2.05) is 31.2 Å². The standard InChI is InChI=1S/C20H18N4O2S/c1-12-7-8-17-18(14(12)3)22-20(27-17)24(11-15-6-4-5-9-21-15)19(25)16-10-13(2)26-23-16/h4-10H,11H2,1-3H3. The van der Waals surface area contributed by atoms with Crippen molar-refractivity contribution >= 4 is 32.6 Å². The lowest BCUT2D eigenvalue weighted by Crippen LogP contribution is -2.31. The molecule has 4 aromatic rings. The molecule has 7 heteroatoms. The van der Waals surface area contributed by atoms with E-state index in [9.17, 15) is 4.79 Å². The van der Waals surface area contributed by atoms with Gasteiger partial charge in [0.1, 0.15) is 5.76 Å². The number of aryl methyl sites for hydroxylation is 3. The summed E-state index contributed by atoms with van der Waals surface area (Å²) in [6.45, 7) is 6.18. The van der Waals surface area contributed by atoms with Crippen LogP contribution in [0.5, 0.6) is 0 Å². The van der Waals surface area contributed by atoms with Crippen molar-refractivity contribution in [1.29, 1.82) is 0 Å². The number of rotatable bonds is 4. The molecule has 0 aliphatic heterocycles. The van der Waals surface area contributed by atoms with Gasteiger partial charge >= 0.3 is 0 Å². The zero-order valence-corrected chi connectivity index (χ0v) is 16.1. The fraction of sp³-hybridized carbons (Fsp3) is 0.200. The number of hydrogen-bond donors (Lipinski definition) is 0. The van der Waals surface area contributed by atoms with Gasteiger partial charge in [-0.25, -0.2) is 4.98 Å². The van der Waals surface area contributed by atoms with E-state index < -0.39 is 0 Å². The van der Waals surface area contributed by atoms with Crippen molar-refractivity contribution in [3.63, 3.8) is 0 Å². The second kappa shape index (κ2) is 6.92. The van der Waals surface area contributed by atoms with E-state index in [2.05, 4.69) is 23.1 Å². The number of fused-ring (bicyclic) bond motifs is 1. The van der Waals surface area contributed by atoms with Crippen molar-refractivity contribution in [3.05, 3.63) is 70.9 Å². The SMILES string of the molecule is Cc1cc(C(=O)N(Cc2ccccn2)c2nc3c(C)c(C)ccc3s2)no1. The Morgan fingerprint density at radius 3 is 2.74 bits per heavy atom. The summed E-state index contributed by atoms with van der Waals surface area (Å²) >= 11 is 1.49. The largest absolute Gasteiger partial charge is 0.361 e. The third kappa shape index (κ3) is 3.33. The number of aromatic nitrogens is 3. The zero-order valence-electron chi connectivity index (χ0n) is 15.3. The van der Waals surface area contributed by atoms with E-state index in [1.165, 1.54) is 16.9 Å². The number of carbonyl (C=O) groups is 1. The molecule has 3 aromatic heterocycles. The molecule has 0 saturated heterocycles. The molecule has 0 spiro atoms. The summed E-state index contributed by atoms with van der Waals surface area (Å²) in [6.07, 6.45) is 1.71. The van der Waals surface area contributed by atoms with Crippen LogP contribution in [0, 0.1) is 20.8 Å². The molecule has 0 radical (unpaired) electrons. The molecule has 3 heterocycles. The molecular weight excluding hydrogens is 360 g/mol. The van der Waals surface area contributed by atoms with Gasteiger partial charge < -0.3 is 4.52 Å². The maximum absolute atomic E-state index is 13.1. The fourth-order valence-corrected chi connectivity index (χ4v) is 3.84. The first kappa shape index (κ1) is 17.4. The van der Waals surface area contributed by atoms with E-state index in [-0.39, 0.29) is 11.6 Å². The van der Waals surface area contributed by atoms with Crippen LogP contribution in [0.2, 0.25) is 0 Å². The molecule has 0 N–H and O–H groups in total. The van der Waals surface area contributed by atoms with E-state index in [1.54, 1.807) is 24.1 Å². The van der Waals surface area contributed by atoms with Gasteiger partial charge in [-0.3, -0.25) is 14.7 Å². The monoisotopic (exact) mass is 378 g/mol. The summed E-state index contributed by atoms with van der Waals surface area (Å²) in [5.41, 5.74) is 4.26. The minimum Gasteiger partial charge on any atom is -0.361 e. The molecule has 0 aliphatic rings. The van der Waals surface area contributed by atoms with Crippen molar-refractivity contribution in [2.45, 2.75) is 27.3 Å². The number of pyridine rings is 1. The number of nitrogens with zero attached hydrogens (tertiary/aromatic N) is 4. The van der Waals surface area contributed by atoms with Crippen LogP contribution in [0.15, 0.2) is 47.1 Å². The Kier molecular flexibility index (Phi) is 4.45. The zero-order chi connectivity index (χ0) is 19.0. The van der Waals surface area contributed by atoms with Gasteiger partial charge in [-0.15, -0.1) is 0 Å². The molecular formula is C20H18N4O2S. The Hall–Kier alpha value is -3.06. The van der Waals surface area contributed by atoms with E-state index in [0.29, 0.717) is 17.4 Å². The summed E-state index contributed by atoms with van der Waals surface area (Å²) in [4.78, 5) is 23.9. The van der Waals surface area contributed by atoms with E-state index in [4.69, 9.17) is 9.51 Å². The van der Waals surface area contributed by atoms with Crippen LogP contribution in [0.1, 0.15) is 33.1 Å². The fourth-order valence-electron chi connectivity index (χ4n) is 2.82. The summed E-state index contributed by atoms with van der Waals surface area (Å²) in [6, 6.07) is 11.4. The minimum absolute atomic E-state index is 0.258. The molecule has 0 atom stereocenters. The highest BCUT2D eigenvalue weighted by molar-refractivity contribution is 7.22. The molecule has 0 bridgehead atoms. The summed E-state index contributed by atoms with van der Waals surface area (Å²) in [5, 5.41) is 4.50. The van der Waals surface area contributed by atoms with Gasteiger partial charge in [0.05, 0.1) is 22.5 Å². The first-order chi connectivity index (χ1) is 13.0. The van der Waals surface area contributed by atoms with Crippen LogP contribution < -0.4 is 4.90 Å². The van der Waals surface area contributed by atoms with Gasteiger partial charge in [0.2, 0.25) is 0 Å². The third-order valence-corrected chi connectivity index (χ3v) is 5.49. The number of anilines is 1. The Morgan fingerprint density at radius 2 is 2.04 bits per heavy atom. The molecule has 1 amide bonds. The molecule has 4 rings (SSSR count). The van der Waals surface area contributed by atoms with Crippen molar-refractivity contribution in [1.82, 2.24) is 15.1 Å². The smallest absolute Gasteiger partial charge is 0.282 e. The predicted octanol–water partition coefficient (Wildman–Crippen LogP) is 4.45. The van der Waals surface area contributed by atoms with Crippen molar-refractivity contribution in [2.24, 2.45) is 0 Å². The lowest BCUT2D eigenvalue weighted by Gasteiger charge is -2.18. The predicted molar refractivity (Wildman–Crippen MR) is 105 cm³/mol. The van der Waals surface area contributed by atoms with Crippen LogP contribution >= 0.6 is 11.3 Å². The molecule has 0 aliphatic carbocycles. The molecule has 1 aromatic carbocycles. The van der Waals surface area contributed by atoms with E-state index >= 15 is 0 Å². The van der Waals surface area contributed by atoms with Gasteiger partial charge in [-0.2, -0.15) is 0 Å².